The van der Waals surface area contributed by atoms with Gasteiger partial charge in [0.15, 0.2) is 0 Å². The average molecular weight is 312 g/mol. The van der Waals surface area contributed by atoms with Crippen molar-refractivity contribution in [2.75, 3.05) is 11.1 Å². The molecule has 0 radical (unpaired) electrons. The average Bonchev–Trinajstić information content (AvgIpc) is 2.76. The zero-order valence-corrected chi connectivity index (χ0v) is 11.9. The summed E-state index contributed by atoms with van der Waals surface area (Å²) in [5.74, 6) is 0. The van der Waals surface area contributed by atoms with Crippen molar-refractivity contribution in [2.24, 2.45) is 0 Å². The highest BCUT2D eigenvalue weighted by Gasteiger charge is 2.02. The van der Waals surface area contributed by atoms with E-state index in [1.165, 1.54) is 4.88 Å². The molecule has 2 rings (SSSR count). The molecule has 1 aromatic carbocycles. The molecule has 90 valence electrons. The van der Waals surface area contributed by atoms with Gasteiger partial charge in [-0.1, -0.05) is 22.9 Å². The van der Waals surface area contributed by atoms with Gasteiger partial charge in [0.05, 0.1) is 17.9 Å². The highest BCUT2D eigenvalue weighted by atomic mass is 79.9. The third-order valence-corrected chi connectivity index (χ3v) is 4.03. The maximum atomic E-state index is 5.91. The van der Waals surface area contributed by atoms with Crippen molar-refractivity contribution in [2.45, 2.75) is 19.9 Å². The summed E-state index contributed by atoms with van der Waals surface area (Å²) in [6.45, 7) is 2.86. The van der Waals surface area contributed by atoms with Crippen LogP contribution < -0.4 is 11.1 Å². The molecular formula is C12H14BrN3S. The molecule has 0 atom stereocenters. The van der Waals surface area contributed by atoms with Gasteiger partial charge in [0.25, 0.3) is 0 Å². The van der Waals surface area contributed by atoms with Crippen molar-refractivity contribution in [1.82, 2.24) is 4.98 Å². The molecular weight excluding hydrogens is 298 g/mol. The van der Waals surface area contributed by atoms with Crippen LogP contribution in [-0.2, 0) is 13.0 Å². The zero-order chi connectivity index (χ0) is 12.3. The van der Waals surface area contributed by atoms with Crippen molar-refractivity contribution in [3.63, 3.8) is 0 Å². The Labute approximate surface area is 113 Å². The van der Waals surface area contributed by atoms with E-state index in [4.69, 9.17) is 5.73 Å². The van der Waals surface area contributed by atoms with E-state index in [0.29, 0.717) is 0 Å². The summed E-state index contributed by atoms with van der Waals surface area (Å²) >= 11 is 5.12. The van der Waals surface area contributed by atoms with Crippen LogP contribution in [-0.4, -0.2) is 4.98 Å². The Kier molecular flexibility index (Phi) is 4.02. The first-order chi connectivity index (χ1) is 8.19. The lowest BCUT2D eigenvalue weighted by Gasteiger charge is -2.07. The number of hydrogen-bond acceptors (Lipinski definition) is 4. The second-order valence-corrected chi connectivity index (χ2v) is 5.77. The topological polar surface area (TPSA) is 50.9 Å². The number of rotatable bonds is 4. The number of thiazole rings is 1. The highest BCUT2D eigenvalue weighted by molar-refractivity contribution is 9.10. The molecule has 2 aromatic rings. The van der Waals surface area contributed by atoms with Crippen LogP contribution in [0.3, 0.4) is 0 Å². The normalized spacial score (nSPS) is 10.5. The van der Waals surface area contributed by atoms with Gasteiger partial charge in [-0.3, -0.25) is 0 Å². The lowest BCUT2D eigenvalue weighted by Crippen LogP contribution is -2.01. The summed E-state index contributed by atoms with van der Waals surface area (Å²) in [5.41, 5.74) is 7.60. The molecule has 0 aliphatic heterocycles. The highest BCUT2D eigenvalue weighted by Crippen LogP contribution is 2.24. The summed E-state index contributed by atoms with van der Waals surface area (Å²) in [5, 5.41) is 4.38. The Morgan fingerprint density at radius 2 is 2.29 bits per heavy atom. The Morgan fingerprint density at radius 1 is 1.47 bits per heavy atom. The van der Waals surface area contributed by atoms with Crippen molar-refractivity contribution >= 4 is 38.6 Å². The molecule has 1 heterocycles. The van der Waals surface area contributed by atoms with E-state index in [2.05, 4.69) is 33.2 Å². The molecule has 17 heavy (non-hydrogen) atoms. The second kappa shape index (κ2) is 5.51. The van der Waals surface area contributed by atoms with Crippen LogP contribution in [0.15, 0.2) is 28.9 Å². The number of benzene rings is 1. The van der Waals surface area contributed by atoms with Gasteiger partial charge in [-0.25, -0.2) is 4.98 Å². The van der Waals surface area contributed by atoms with Crippen LogP contribution >= 0.6 is 27.3 Å². The fraction of sp³-hybridized carbons (Fsp3) is 0.250. The second-order valence-electron chi connectivity index (χ2n) is 3.66. The molecule has 0 aliphatic rings. The van der Waals surface area contributed by atoms with Crippen LogP contribution in [0, 0.1) is 0 Å². The van der Waals surface area contributed by atoms with Gasteiger partial charge >= 0.3 is 0 Å². The van der Waals surface area contributed by atoms with Crippen molar-refractivity contribution in [1.29, 1.82) is 0 Å². The number of nitrogens with two attached hydrogens (primary N) is 1. The number of hydrogen-bond donors (Lipinski definition) is 2. The monoisotopic (exact) mass is 311 g/mol. The first-order valence-corrected chi connectivity index (χ1v) is 7.02. The van der Waals surface area contributed by atoms with Gasteiger partial charge in [-0.15, -0.1) is 11.3 Å². The summed E-state index contributed by atoms with van der Waals surface area (Å²) in [6.07, 6.45) is 2.98. The number of nitrogens with zero attached hydrogens (tertiary/aromatic N) is 1. The number of halogens is 1. The van der Waals surface area contributed by atoms with E-state index >= 15 is 0 Å². The maximum Gasteiger partial charge on any atom is 0.112 e. The fourth-order valence-corrected chi connectivity index (χ4v) is 2.64. The van der Waals surface area contributed by atoms with Crippen molar-refractivity contribution < 1.29 is 0 Å². The van der Waals surface area contributed by atoms with Gasteiger partial charge < -0.3 is 11.1 Å². The van der Waals surface area contributed by atoms with Crippen LogP contribution in [0.4, 0.5) is 11.4 Å². The van der Waals surface area contributed by atoms with Crippen LogP contribution in [0.25, 0.3) is 0 Å². The standard InChI is InChI=1S/C12H14BrN3S/c1-2-9-6-16-12(17-9)7-15-11-4-3-8(13)5-10(11)14/h3-6,15H,2,7,14H2,1H3. The number of nitrogen functional groups attached to an aromatic ring is 1. The number of aromatic nitrogens is 1. The Bertz CT molecular complexity index is 510. The molecule has 3 nitrogen and oxygen atoms in total. The molecule has 0 aliphatic carbocycles. The molecule has 0 amide bonds. The van der Waals surface area contributed by atoms with Crippen LogP contribution in [0.1, 0.15) is 16.8 Å². The lowest BCUT2D eigenvalue weighted by molar-refractivity contribution is 1.09. The van der Waals surface area contributed by atoms with E-state index in [1.54, 1.807) is 11.3 Å². The minimum Gasteiger partial charge on any atom is -0.397 e. The Balaban J connectivity index is 2.02. The minimum absolute atomic E-state index is 0.719. The van der Waals surface area contributed by atoms with Gasteiger partial charge in [-0.2, -0.15) is 0 Å². The van der Waals surface area contributed by atoms with E-state index in [1.807, 2.05) is 24.4 Å². The quantitative estimate of drug-likeness (QED) is 0.847. The number of nitrogens with one attached hydrogen (secondary N) is 1. The van der Waals surface area contributed by atoms with E-state index < -0.39 is 0 Å². The van der Waals surface area contributed by atoms with Gasteiger partial charge in [0, 0.05) is 15.5 Å². The minimum atomic E-state index is 0.719. The summed E-state index contributed by atoms with van der Waals surface area (Å²) < 4.78 is 0.989. The zero-order valence-electron chi connectivity index (χ0n) is 9.53. The van der Waals surface area contributed by atoms with Crippen molar-refractivity contribution in [3.05, 3.63) is 38.8 Å². The molecule has 0 spiro atoms. The van der Waals surface area contributed by atoms with Gasteiger partial charge in [0.1, 0.15) is 5.01 Å². The van der Waals surface area contributed by atoms with Crippen LogP contribution in [0.5, 0.6) is 0 Å². The Hall–Kier alpha value is -1.07. The molecule has 1 aromatic heterocycles. The largest absolute Gasteiger partial charge is 0.397 e. The molecule has 5 heteroatoms. The number of aryl methyl sites for hydroxylation is 1. The molecule has 0 saturated carbocycles. The fourth-order valence-electron chi connectivity index (χ4n) is 1.46. The molecule has 0 fully saturated rings. The van der Waals surface area contributed by atoms with Gasteiger partial charge in [0.2, 0.25) is 0 Å². The predicted octanol–water partition coefficient (Wildman–Crippen LogP) is 3.66. The molecule has 3 N–H and O–H groups in total. The first kappa shape index (κ1) is 12.4. The Morgan fingerprint density at radius 3 is 2.94 bits per heavy atom. The third kappa shape index (κ3) is 3.20. The van der Waals surface area contributed by atoms with E-state index in [0.717, 1.165) is 33.8 Å². The molecule has 0 bridgehead atoms. The van der Waals surface area contributed by atoms with Crippen LogP contribution in [0.2, 0.25) is 0 Å². The van der Waals surface area contributed by atoms with Gasteiger partial charge in [-0.05, 0) is 24.6 Å². The number of anilines is 2. The summed E-state index contributed by atoms with van der Waals surface area (Å²) in [6, 6.07) is 5.83. The lowest BCUT2D eigenvalue weighted by atomic mass is 10.3. The van der Waals surface area contributed by atoms with E-state index in [-0.39, 0.29) is 0 Å². The molecule has 0 saturated heterocycles. The van der Waals surface area contributed by atoms with E-state index in [9.17, 15) is 0 Å². The first-order valence-electron chi connectivity index (χ1n) is 5.41. The van der Waals surface area contributed by atoms with Crippen molar-refractivity contribution in [3.8, 4) is 0 Å². The predicted molar refractivity (Wildman–Crippen MR) is 77.4 cm³/mol. The summed E-state index contributed by atoms with van der Waals surface area (Å²) in [7, 11) is 0. The summed E-state index contributed by atoms with van der Waals surface area (Å²) in [4.78, 5) is 5.67. The third-order valence-electron chi connectivity index (χ3n) is 2.39. The SMILES string of the molecule is CCc1cnc(CNc2ccc(Br)cc2N)s1. The maximum absolute atomic E-state index is 5.91. The smallest absolute Gasteiger partial charge is 0.112 e. The molecule has 0 unspecified atom stereocenters.